The van der Waals surface area contributed by atoms with Gasteiger partial charge in [-0.15, -0.1) is 0 Å². The van der Waals surface area contributed by atoms with E-state index in [0.29, 0.717) is 17.7 Å². The van der Waals surface area contributed by atoms with Crippen LogP contribution in [0.5, 0.6) is 5.75 Å². The summed E-state index contributed by atoms with van der Waals surface area (Å²) in [5, 5.41) is 32.0. The highest BCUT2D eigenvalue weighted by Crippen LogP contribution is 2.12. The van der Waals surface area contributed by atoms with E-state index >= 15 is 0 Å². The Kier molecular flexibility index (Phi) is 9.97. The number of thioether (sulfide) groups is 1. The number of phenols is 1. The summed E-state index contributed by atoms with van der Waals surface area (Å²) in [5.74, 6) is -3.67. The van der Waals surface area contributed by atoms with Crippen LogP contribution < -0.4 is 16.4 Å². The average molecular weight is 427 g/mol. The normalized spacial score (nSPS) is 13.7. The minimum absolute atomic E-state index is 0.00743. The maximum absolute atomic E-state index is 12.6. The van der Waals surface area contributed by atoms with Gasteiger partial charge >= 0.3 is 11.9 Å². The summed E-state index contributed by atoms with van der Waals surface area (Å²) in [6.07, 6.45) is 1.43. The van der Waals surface area contributed by atoms with Crippen molar-refractivity contribution in [1.29, 1.82) is 0 Å². The van der Waals surface area contributed by atoms with Gasteiger partial charge in [-0.1, -0.05) is 12.1 Å². The SMILES string of the molecule is CSCC[C@H](N)C(=O)N[C@@H](Cc1ccc(O)cc1)C(=O)N[C@@H](CC(=O)O)C(=O)O. The standard InChI is InChI=1S/C18H25N3O7S/c1-29-7-6-12(19)16(25)20-13(8-10-2-4-11(22)5-3-10)17(26)21-14(18(27)28)9-15(23)24/h2-5,12-14,22H,6-9,19H2,1H3,(H,20,25)(H,21,26)(H,23,24)(H,27,28)/t12-,13-,14-/m0/s1. The minimum Gasteiger partial charge on any atom is -0.508 e. The molecule has 160 valence electrons. The molecule has 0 aliphatic carbocycles. The zero-order valence-electron chi connectivity index (χ0n) is 15.8. The molecule has 0 aliphatic rings. The number of nitrogens with two attached hydrogens (primary N) is 1. The Morgan fingerprint density at radius 3 is 2.14 bits per heavy atom. The number of hydrogen-bond acceptors (Lipinski definition) is 7. The van der Waals surface area contributed by atoms with Crippen LogP contribution in [0.2, 0.25) is 0 Å². The first-order valence-electron chi connectivity index (χ1n) is 8.71. The van der Waals surface area contributed by atoms with Crippen molar-refractivity contribution in [1.82, 2.24) is 10.6 Å². The summed E-state index contributed by atoms with van der Waals surface area (Å²) in [6.45, 7) is 0. The number of carboxylic acid groups (broad SMARTS) is 2. The van der Waals surface area contributed by atoms with Crippen LogP contribution in [0.4, 0.5) is 0 Å². The molecule has 0 unspecified atom stereocenters. The Morgan fingerprint density at radius 1 is 1.03 bits per heavy atom. The number of carboxylic acids is 2. The number of carbonyl (C=O) groups is 4. The summed E-state index contributed by atoms with van der Waals surface area (Å²) >= 11 is 1.51. The van der Waals surface area contributed by atoms with Gasteiger partial charge in [0.05, 0.1) is 12.5 Å². The third-order valence-electron chi connectivity index (χ3n) is 3.97. The van der Waals surface area contributed by atoms with E-state index in [0.717, 1.165) is 0 Å². The molecule has 0 spiro atoms. The van der Waals surface area contributed by atoms with Crippen molar-refractivity contribution in [2.75, 3.05) is 12.0 Å². The van der Waals surface area contributed by atoms with E-state index in [-0.39, 0.29) is 12.2 Å². The molecule has 0 radical (unpaired) electrons. The number of benzene rings is 1. The second kappa shape index (κ2) is 11.9. The van der Waals surface area contributed by atoms with E-state index < -0.39 is 48.3 Å². The number of carbonyl (C=O) groups excluding carboxylic acids is 2. The van der Waals surface area contributed by atoms with Gasteiger partial charge < -0.3 is 31.7 Å². The van der Waals surface area contributed by atoms with Crippen LogP contribution in [0.1, 0.15) is 18.4 Å². The van der Waals surface area contributed by atoms with Crippen LogP contribution in [0.15, 0.2) is 24.3 Å². The first-order chi connectivity index (χ1) is 13.6. The number of aromatic hydroxyl groups is 1. The lowest BCUT2D eigenvalue weighted by Gasteiger charge is -2.22. The van der Waals surface area contributed by atoms with E-state index in [2.05, 4.69) is 10.6 Å². The zero-order valence-corrected chi connectivity index (χ0v) is 16.6. The lowest BCUT2D eigenvalue weighted by atomic mass is 10.0. The number of hydrogen-bond donors (Lipinski definition) is 6. The molecular weight excluding hydrogens is 402 g/mol. The van der Waals surface area contributed by atoms with Gasteiger partial charge in [-0.3, -0.25) is 14.4 Å². The molecule has 1 aromatic rings. The monoisotopic (exact) mass is 427 g/mol. The first kappa shape index (κ1) is 24.2. The first-order valence-corrected chi connectivity index (χ1v) is 10.1. The van der Waals surface area contributed by atoms with Crippen LogP contribution in [0, 0.1) is 0 Å². The molecule has 1 rings (SSSR count). The number of nitrogens with one attached hydrogen (secondary N) is 2. The quantitative estimate of drug-likeness (QED) is 0.257. The highest BCUT2D eigenvalue weighted by Gasteiger charge is 2.29. The van der Waals surface area contributed by atoms with Crippen LogP contribution in [0.25, 0.3) is 0 Å². The third-order valence-corrected chi connectivity index (χ3v) is 4.62. The van der Waals surface area contributed by atoms with Gasteiger partial charge in [-0.2, -0.15) is 11.8 Å². The molecule has 3 atom stereocenters. The summed E-state index contributed by atoms with van der Waals surface area (Å²) in [6, 6.07) is 2.21. The van der Waals surface area contributed by atoms with E-state index in [1.807, 2.05) is 6.26 Å². The van der Waals surface area contributed by atoms with E-state index in [4.69, 9.17) is 15.9 Å². The van der Waals surface area contributed by atoms with Crippen LogP contribution in [-0.4, -0.2) is 69.2 Å². The zero-order chi connectivity index (χ0) is 22.0. The van der Waals surface area contributed by atoms with Crippen LogP contribution >= 0.6 is 11.8 Å². The van der Waals surface area contributed by atoms with Crippen LogP contribution in [0.3, 0.4) is 0 Å². The van der Waals surface area contributed by atoms with Crippen molar-refractivity contribution >= 4 is 35.5 Å². The largest absolute Gasteiger partial charge is 0.508 e. The van der Waals surface area contributed by atoms with Crippen LogP contribution in [-0.2, 0) is 25.6 Å². The Hall–Kier alpha value is -2.79. The van der Waals surface area contributed by atoms with Gasteiger partial charge in [0.25, 0.3) is 0 Å². The molecule has 29 heavy (non-hydrogen) atoms. The smallest absolute Gasteiger partial charge is 0.326 e. The molecule has 11 heteroatoms. The average Bonchev–Trinajstić information content (AvgIpc) is 2.65. The van der Waals surface area contributed by atoms with Crippen molar-refractivity contribution in [3.63, 3.8) is 0 Å². The topological polar surface area (TPSA) is 179 Å². The maximum Gasteiger partial charge on any atom is 0.326 e. The van der Waals surface area contributed by atoms with Crippen molar-refractivity contribution < 1.29 is 34.5 Å². The Balaban J connectivity index is 2.96. The van der Waals surface area contributed by atoms with E-state index in [9.17, 15) is 24.3 Å². The summed E-state index contributed by atoms with van der Waals surface area (Å²) in [4.78, 5) is 47.0. The molecule has 7 N–H and O–H groups in total. The lowest BCUT2D eigenvalue weighted by Crippen LogP contribution is -2.55. The number of phenolic OH excluding ortho intramolecular Hbond substituents is 1. The van der Waals surface area contributed by atoms with Crippen molar-refractivity contribution in [2.24, 2.45) is 5.73 Å². The second-order valence-corrected chi connectivity index (χ2v) is 7.30. The van der Waals surface area contributed by atoms with E-state index in [1.165, 1.54) is 23.9 Å². The molecule has 0 bridgehead atoms. The molecule has 0 aliphatic heterocycles. The van der Waals surface area contributed by atoms with Gasteiger partial charge in [0, 0.05) is 6.42 Å². The third kappa shape index (κ3) is 8.83. The molecule has 1 aromatic carbocycles. The fraction of sp³-hybridized carbons (Fsp3) is 0.444. The van der Waals surface area contributed by atoms with Crippen molar-refractivity contribution in [3.8, 4) is 5.75 Å². The second-order valence-electron chi connectivity index (χ2n) is 6.32. The Bertz CT molecular complexity index is 727. The molecule has 0 saturated carbocycles. The number of aliphatic carboxylic acids is 2. The van der Waals surface area contributed by atoms with Gasteiger partial charge in [0.1, 0.15) is 17.8 Å². The highest BCUT2D eigenvalue weighted by molar-refractivity contribution is 7.98. The molecule has 2 amide bonds. The Morgan fingerprint density at radius 2 is 1.62 bits per heavy atom. The van der Waals surface area contributed by atoms with Gasteiger partial charge in [0.15, 0.2) is 0 Å². The Labute approximate surface area is 171 Å². The molecule has 0 aromatic heterocycles. The fourth-order valence-corrected chi connectivity index (χ4v) is 2.87. The molecule has 10 nitrogen and oxygen atoms in total. The summed E-state index contributed by atoms with van der Waals surface area (Å²) in [7, 11) is 0. The predicted molar refractivity (Wildman–Crippen MR) is 107 cm³/mol. The van der Waals surface area contributed by atoms with Crippen molar-refractivity contribution in [3.05, 3.63) is 29.8 Å². The van der Waals surface area contributed by atoms with E-state index in [1.54, 1.807) is 12.1 Å². The van der Waals surface area contributed by atoms with Gasteiger partial charge in [0.2, 0.25) is 11.8 Å². The predicted octanol–water partition coefficient (Wildman–Crippen LogP) is -0.456. The molecule has 0 saturated heterocycles. The highest BCUT2D eigenvalue weighted by atomic mass is 32.2. The fourth-order valence-electron chi connectivity index (χ4n) is 2.38. The minimum atomic E-state index is -1.65. The summed E-state index contributed by atoms with van der Waals surface area (Å²) < 4.78 is 0. The van der Waals surface area contributed by atoms with Gasteiger partial charge in [-0.05, 0) is 36.1 Å². The molecule has 0 fully saturated rings. The summed E-state index contributed by atoms with van der Waals surface area (Å²) in [5.41, 5.74) is 6.41. The maximum atomic E-state index is 12.6. The van der Waals surface area contributed by atoms with Gasteiger partial charge in [-0.25, -0.2) is 4.79 Å². The number of amides is 2. The molecular formula is C18H25N3O7S. The molecule has 0 heterocycles. The van der Waals surface area contributed by atoms with Crippen molar-refractivity contribution in [2.45, 2.75) is 37.4 Å². The lowest BCUT2D eigenvalue weighted by molar-refractivity contribution is -0.147. The number of rotatable bonds is 12.